The average Bonchev–Trinajstić information content (AvgIpc) is 2.70. The van der Waals surface area contributed by atoms with Crippen molar-refractivity contribution < 1.29 is 29.4 Å². The summed E-state index contributed by atoms with van der Waals surface area (Å²) in [5.41, 5.74) is -0.294. The van der Waals surface area contributed by atoms with Gasteiger partial charge in [-0.2, -0.15) is 0 Å². The Bertz CT molecular complexity index is 1050. The normalized spacial score (nSPS) is 24.4. The van der Waals surface area contributed by atoms with Crippen LogP contribution in [-0.4, -0.2) is 33.3 Å². The van der Waals surface area contributed by atoms with E-state index in [0.29, 0.717) is 0 Å². The van der Waals surface area contributed by atoms with Crippen LogP contribution in [0, 0.1) is 11.8 Å². The molecule has 0 aliphatic heterocycles. The molecule has 6 heteroatoms. The van der Waals surface area contributed by atoms with Crippen molar-refractivity contribution in [3.8, 4) is 0 Å². The highest BCUT2D eigenvalue weighted by Crippen LogP contribution is 2.37. The van der Waals surface area contributed by atoms with E-state index in [1.165, 1.54) is 12.1 Å². The molecule has 0 amide bonds. The number of fused-ring (bicyclic) bond motifs is 2. The number of ketones is 4. The minimum Gasteiger partial charge on any atom is -0.507 e. The van der Waals surface area contributed by atoms with E-state index < -0.39 is 52.9 Å². The number of aliphatic hydroxyl groups excluding tert-OH is 2. The van der Waals surface area contributed by atoms with Crippen molar-refractivity contribution in [3.05, 3.63) is 76.6 Å². The van der Waals surface area contributed by atoms with Crippen LogP contribution in [0.1, 0.15) is 22.3 Å². The Balaban J connectivity index is 1.80. The van der Waals surface area contributed by atoms with Crippen molar-refractivity contribution in [1.82, 2.24) is 0 Å². The molecule has 2 N–H and O–H groups in total. The molecule has 0 spiro atoms. The zero-order valence-corrected chi connectivity index (χ0v) is 14.0. The van der Waals surface area contributed by atoms with Crippen LogP contribution in [-0.2, 0) is 14.4 Å². The number of hydrogen-bond donors (Lipinski definition) is 2. The number of rotatable bonds is 2. The maximum Gasteiger partial charge on any atom is 0.234 e. The summed E-state index contributed by atoms with van der Waals surface area (Å²) >= 11 is 0. The lowest BCUT2D eigenvalue weighted by atomic mass is 9.73. The van der Waals surface area contributed by atoms with Crippen molar-refractivity contribution in [3.63, 3.8) is 0 Å². The molecule has 1 aromatic rings. The molecule has 4 rings (SSSR count). The van der Waals surface area contributed by atoms with Crippen LogP contribution in [0.5, 0.6) is 0 Å². The zero-order valence-electron chi connectivity index (χ0n) is 14.0. The maximum atomic E-state index is 12.8. The molecule has 134 valence electrons. The third-order valence-electron chi connectivity index (χ3n) is 5.10. The molecule has 0 fully saturated rings. The van der Waals surface area contributed by atoms with Gasteiger partial charge in [0.1, 0.15) is 5.76 Å². The summed E-state index contributed by atoms with van der Waals surface area (Å²) in [4.78, 5) is 50.0. The van der Waals surface area contributed by atoms with Gasteiger partial charge in [0.2, 0.25) is 17.3 Å². The van der Waals surface area contributed by atoms with Gasteiger partial charge in [-0.25, -0.2) is 0 Å². The van der Waals surface area contributed by atoms with E-state index in [-0.39, 0.29) is 22.3 Å². The van der Waals surface area contributed by atoms with Gasteiger partial charge in [-0.15, -0.1) is 0 Å². The standard InChI is InChI=1S/C21H14O6/c22-16-10-5-1-3-7-12(10)18(24)20(26)14(16)9-15-17(23)11-6-2-4-8-13(11)19(25)21(15)27/h1-8,10,12,23,26H,9H2/t10-,12-/m1/s1. The van der Waals surface area contributed by atoms with E-state index in [4.69, 9.17) is 0 Å². The molecule has 0 bridgehead atoms. The molecule has 0 aromatic heterocycles. The molecule has 3 aliphatic carbocycles. The molecule has 0 heterocycles. The first kappa shape index (κ1) is 16.9. The molecule has 6 nitrogen and oxygen atoms in total. The second-order valence-electron chi connectivity index (χ2n) is 6.58. The number of allylic oxidation sites excluding steroid dienone is 7. The number of benzene rings is 1. The molecule has 0 saturated carbocycles. The second kappa shape index (κ2) is 6.02. The summed E-state index contributed by atoms with van der Waals surface area (Å²) in [7, 11) is 0. The molecule has 3 aliphatic rings. The van der Waals surface area contributed by atoms with Crippen LogP contribution in [0.25, 0.3) is 5.76 Å². The lowest BCUT2D eigenvalue weighted by molar-refractivity contribution is -0.129. The van der Waals surface area contributed by atoms with Gasteiger partial charge < -0.3 is 10.2 Å². The predicted molar refractivity (Wildman–Crippen MR) is 94.9 cm³/mol. The number of aliphatic hydroxyl groups is 2. The van der Waals surface area contributed by atoms with Crippen molar-refractivity contribution in [1.29, 1.82) is 0 Å². The number of Topliss-reactive ketones (excluding diaryl/α,β-unsaturated/α-hetero) is 4. The van der Waals surface area contributed by atoms with Crippen LogP contribution >= 0.6 is 0 Å². The number of hydrogen-bond acceptors (Lipinski definition) is 6. The van der Waals surface area contributed by atoms with E-state index in [0.717, 1.165) is 0 Å². The van der Waals surface area contributed by atoms with Gasteiger partial charge >= 0.3 is 0 Å². The first-order chi connectivity index (χ1) is 12.9. The van der Waals surface area contributed by atoms with E-state index in [2.05, 4.69) is 0 Å². The Morgan fingerprint density at radius 2 is 1.30 bits per heavy atom. The lowest BCUT2D eigenvalue weighted by Gasteiger charge is -2.28. The van der Waals surface area contributed by atoms with Crippen molar-refractivity contribution in [2.75, 3.05) is 0 Å². The minimum atomic E-state index is -0.951. The summed E-state index contributed by atoms with van der Waals surface area (Å²) < 4.78 is 0. The fourth-order valence-corrected chi connectivity index (χ4v) is 3.66. The van der Waals surface area contributed by atoms with Gasteiger partial charge in [-0.3, -0.25) is 19.2 Å². The highest BCUT2D eigenvalue weighted by molar-refractivity contribution is 6.52. The topological polar surface area (TPSA) is 109 Å². The Morgan fingerprint density at radius 3 is 1.96 bits per heavy atom. The highest BCUT2D eigenvalue weighted by atomic mass is 16.3. The van der Waals surface area contributed by atoms with Gasteiger partial charge in [0, 0.05) is 23.1 Å². The molecule has 27 heavy (non-hydrogen) atoms. The summed E-state index contributed by atoms with van der Waals surface area (Å²) in [5, 5.41) is 20.8. The number of carbonyl (C=O) groups is 4. The quantitative estimate of drug-likeness (QED) is 0.782. The average molecular weight is 362 g/mol. The van der Waals surface area contributed by atoms with Gasteiger partial charge in [0.05, 0.1) is 17.4 Å². The first-order valence-electron chi connectivity index (χ1n) is 8.38. The fourth-order valence-electron chi connectivity index (χ4n) is 3.66. The van der Waals surface area contributed by atoms with E-state index in [1.54, 1.807) is 36.4 Å². The van der Waals surface area contributed by atoms with Gasteiger partial charge in [-0.05, 0) is 0 Å². The smallest absolute Gasteiger partial charge is 0.234 e. The molecule has 2 atom stereocenters. The van der Waals surface area contributed by atoms with Crippen LogP contribution < -0.4 is 0 Å². The van der Waals surface area contributed by atoms with Crippen molar-refractivity contribution in [2.45, 2.75) is 6.42 Å². The summed E-state index contributed by atoms with van der Waals surface area (Å²) in [5.74, 6) is -5.56. The molecule has 0 unspecified atom stereocenters. The van der Waals surface area contributed by atoms with Crippen LogP contribution in [0.15, 0.2) is 65.5 Å². The molecule has 1 aromatic carbocycles. The van der Waals surface area contributed by atoms with E-state index in [9.17, 15) is 29.4 Å². The monoisotopic (exact) mass is 362 g/mol. The van der Waals surface area contributed by atoms with Gasteiger partial charge in [0.15, 0.2) is 11.5 Å². The molecular formula is C21H14O6. The Hall–Kier alpha value is -3.54. The van der Waals surface area contributed by atoms with Gasteiger partial charge in [0.25, 0.3) is 0 Å². The largest absolute Gasteiger partial charge is 0.507 e. The van der Waals surface area contributed by atoms with Gasteiger partial charge in [-0.1, -0.05) is 48.6 Å². The van der Waals surface area contributed by atoms with Crippen LogP contribution in [0.3, 0.4) is 0 Å². The van der Waals surface area contributed by atoms with E-state index >= 15 is 0 Å². The van der Waals surface area contributed by atoms with E-state index in [1.807, 2.05) is 0 Å². The molecule has 0 radical (unpaired) electrons. The lowest BCUT2D eigenvalue weighted by Crippen LogP contribution is -2.37. The summed E-state index contributed by atoms with van der Waals surface area (Å²) in [6.45, 7) is 0. The van der Waals surface area contributed by atoms with Crippen molar-refractivity contribution >= 4 is 28.9 Å². The third-order valence-corrected chi connectivity index (χ3v) is 5.10. The molecule has 0 saturated heterocycles. The Labute approximate surface area is 153 Å². The summed E-state index contributed by atoms with van der Waals surface area (Å²) in [6, 6.07) is 6.09. The number of carbonyl (C=O) groups excluding carboxylic acids is 4. The predicted octanol–water partition coefficient (Wildman–Crippen LogP) is 2.43. The van der Waals surface area contributed by atoms with Crippen LogP contribution in [0.4, 0.5) is 0 Å². The Kier molecular flexibility index (Phi) is 3.77. The first-order valence-corrected chi connectivity index (χ1v) is 8.38. The second-order valence-corrected chi connectivity index (χ2v) is 6.58. The maximum absolute atomic E-state index is 12.8. The molecular weight excluding hydrogens is 348 g/mol. The fraction of sp³-hybridized carbons (Fsp3) is 0.143. The summed E-state index contributed by atoms with van der Waals surface area (Å²) in [6.07, 6.45) is 5.88. The highest BCUT2D eigenvalue weighted by Gasteiger charge is 2.43. The SMILES string of the molecule is O=C1C(=O)c2ccccc2C(O)=C1CC1=C(O)C(=O)[C@@H]2C=CC=C[C@H]2C1=O. The Morgan fingerprint density at radius 1 is 0.704 bits per heavy atom. The van der Waals surface area contributed by atoms with Crippen LogP contribution in [0.2, 0.25) is 0 Å². The zero-order chi connectivity index (χ0) is 19.3. The minimum absolute atomic E-state index is 0.0772. The third kappa shape index (κ3) is 2.41. The van der Waals surface area contributed by atoms with Crippen molar-refractivity contribution in [2.24, 2.45) is 11.8 Å².